The molecule has 4 rings (SSSR count). The molecule has 180 valence electrons. The number of halogens is 1. The normalized spacial score (nSPS) is 11.0. The molecular formula is C26H24FN3O4S. The molecular weight excluding hydrogens is 469 g/mol. The van der Waals surface area contributed by atoms with Gasteiger partial charge in [0.2, 0.25) is 5.91 Å². The summed E-state index contributed by atoms with van der Waals surface area (Å²) >= 11 is 1.19. The number of amides is 1. The van der Waals surface area contributed by atoms with Crippen LogP contribution in [0, 0.1) is 12.7 Å². The maximum absolute atomic E-state index is 13.2. The second-order valence-electron chi connectivity index (χ2n) is 8.26. The van der Waals surface area contributed by atoms with Crippen molar-refractivity contribution >= 4 is 33.2 Å². The zero-order valence-electron chi connectivity index (χ0n) is 19.1. The number of Topliss-reactive ketones (excluding diaryl/α,β-unsaturated/α-hetero) is 1. The van der Waals surface area contributed by atoms with E-state index >= 15 is 0 Å². The van der Waals surface area contributed by atoms with Gasteiger partial charge in [0.25, 0.3) is 5.56 Å². The molecule has 0 aliphatic heterocycles. The molecule has 0 spiro atoms. The lowest BCUT2D eigenvalue weighted by Gasteiger charge is -2.12. The Morgan fingerprint density at radius 1 is 0.971 bits per heavy atom. The number of thiophene rings is 1. The highest BCUT2D eigenvalue weighted by Crippen LogP contribution is 2.16. The number of ketones is 1. The minimum absolute atomic E-state index is 0.0498. The molecule has 0 radical (unpaired) electrons. The van der Waals surface area contributed by atoms with Gasteiger partial charge in [0.1, 0.15) is 10.5 Å². The lowest BCUT2D eigenvalue weighted by atomic mass is 10.1. The smallest absolute Gasteiger partial charge is 0.331 e. The number of hydrogen-bond acceptors (Lipinski definition) is 5. The van der Waals surface area contributed by atoms with Crippen LogP contribution in [-0.2, 0) is 24.4 Å². The van der Waals surface area contributed by atoms with Gasteiger partial charge in [-0.2, -0.15) is 0 Å². The summed E-state index contributed by atoms with van der Waals surface area (Å²) in [6.07, 6.45) is 0.437. The van der Waals surface area contributed by atoms with Crippen LogP contribution < -0.4 is 16.6 Å². The van der Waals surface area contributed by atoms with Crippen molar-refractivity contribution in [2.75, 3.05) is 0 Å². The Labute approximate surface area is 204 Å². The first-order valence-corrected chi connectivity index (χ1v) is 12.0. The average Bonchev–Trinajstić information content (AvgIpc) is 3.34. The molecule has 4 aromatic rings. The lowest BCUT2D eigenvalue weighted by Crippen LogP contribution is -2.41. The Morgan fingerprint density at radius 2 is 1.69 bits per heavy atom. The van der Waals surface area contributed by atoms with E-state index in [2.05, 4.69) is 5.32 Å². The number of aromatic nitrogens is 2. The van der Waals surface area contributed by atoms with Crippen LogP contribution in [0.1, 0.15) is 34.3 Å². The minimum Gasteiger partial charge on any atom is -0.352 e. The molecule has 2 aromatic heterocycles. The fourth-order valence-electron chi connectivity index (χ4n) is 3.75. The van der Waals surface area contributed by atoms with E-state index in [9.17, 15) is 23.6 Å². The molecule has 0 saturated heterocycles. The topological polar surface area (TPSA) is 90.2 Å². The van der Waals surface area contributed by atoms with E-state index in [1.54, 1.807) is 11.4 Å². The summed E-state index contributed by atoms with van der Waals surface area (Å²) in [6.45, 7) is 2.16. The van der Waals surface area contributed by atoms with E-state index < -0.39 is 17.1 Å². The van der Waals surface area contributed by atoms with Crippen LogP contribution in [0.15, 0.2) is 69.6 Å². The predicted molar refractivity (Wildman–Crippen MR) is 133 cm³/mol. The van der Waals surface area contributed by atoms with E-state index in [0.29, 0.717) is 16.8 Å². The van der Waals surface area contributed by atoms with Gasteiger partial charge in [-0.1, -0.05) is 29.8 Å². The third kappa shape index (κ3) is 5.63. The van der Waals surface area contributed by atoms with Crippen LogP contribution in [0.4, 0.5) is 4.39 Å². The van der Waals surface area contributed by atoms with Crippen molar-refractivity contribution in [1.82, 2.24) is 14.5 Å². The summed E-state index contributed by atoms with van der Waals surface area (Å²) in [5.41, 5.74) is 1.72. The Balaban J connectivity index is 1.47. The molecule has 0 atom stereocenters. The summed E-state index contributed by atoms with van der Waals surface area (Å²) < 4.78 is 15.9. The molecule has 2 aromatic carbocycles. The van der Waals surface area contributed by atoms with Gasteiger partial charge in [0, 0.05) is 25.1 Å². The van der Waals surface area contributed by atoms with E-state index in [4.69, 9.17) is 0 Å². The molecule has 9 heteroatoms. The molecule has 35 heavy (non-hydrogen) atoms. The van der Waals surface area contributed by atoms with Crippen LogP contribution in [0.5, 0.6) is 0 Å². The van der Waals surface area contributed by atoms with Gasteiger partial charge in [-0.15, -0.1) is 11.3 Å². The number of hydrogen-bond donors (Lipinski definition) is 1. The largest absolute Gasteiger partial charge is 0.352 e. The maximum Gasteiger partial charge on any atom is 0.331 e. The Kier molecular flexibility index (Phi) is 7.36. The van der Waals surface area contributed by atoms with Crippen LogP contribution in [-0.4, -0.2) is 20.8 Å². The van der Waals surface area contributed by atoms with Crippen molar-refractivity contribution in [3.05, 3.63) is 103 Å². The Bertz CT molecular complexity index is 1480. The zero-order chi connectivity index (χ0) is 24.9. The fraction of sp³-hybridized carbons (Fsp3) is 0.231. The van der Waals surface area contributed by atoms with E-state index in [1.807, 2.05) is 31.2 Å². The summed E-state index contributed by atoms with van der Waals surface area (Å²) in [6, 6.07) is 14.5. The quantitative estimate of drug-likeness (QED) is 0.361. The molecule has 7 nitrogen and oxygen atoms in total. The average molecular weight is 494 g/mol. The number of nitrogens with zero attached hydrogens (tertiary/aromatic N) is 2. The molecule has 0 fully saturated rings. The second kappa shape index (κ2) is 10.6. The summed E-state index contributed by atoms with van der Waals surface area (Å²) in [7, 11) is 0. The molecule has 2 heterocycles. The van der Waals surface area contributed by atoms with Gasteiger partial charge in [0.05, 0.1) is 12.1 Å². The third-order valence-electron chi connectivity index (χ3n) is 5.70. The predicted octanol–water partition coefficient (Wildman–Crippen LogP) is 3.65. The summed E-state index contributed by atoms with van der Waals surface area (Å²) in [5, 5.41) is 4.53. The summed E-state index contributed by atoms with van der Waals surface area (Å²) in [4.78, 5) is 51.0. The van der Waals surface area contributed by atoms with Crippen LogP contribution >= 0.6 is 11.3 Å². The molecule has 0 saturated carbocycles. The van der Waals surface area contributed by atoms with Crippen molar-refractivity contribution < 1.29 is 14.0 Å². The highest BCUT2D eigenvalue weighted by molar-refractivity contribution is 7.17. The van der Waals surface area contributed by atoms with Crippen molar-refractivity contribution in [3.63, 3.8) is 0 Å². The van der Waals surface area contributed by atoms with Crippen molar-refractivity contribution in [2.24, 2.45) is 0 Å². The van der Waals surface area contributed by atoms with Gasteiger partial charge in [-0.05, 0) is 54.6 Å². The number of rotatable bonds is 9. The first-order valence-electron chi connectivity index (χ1n) is 11.2. The Hall–Kier alpha value is -3.85. The van der Waals surface area contributed by atoms with Crippen LogP contribution in [0.25, 0.3) is 10.2 Å². The summed E-state index contributed by atoms with van der Waals surface area (Å²) in [5.74, 6) is -1.02. The van der Waals surface area contributed by atoms with Gasteiger partial charge >= 0.3 is 5.69 Å². The zero-order valence-corrected chi connectivity index (χ0v) is 19.9. The molecule has 0 aliphatic carbocycles. The minimum atomic E-state index is -0.614. The molecule has 1 amide bonds. The first kappa shape index (κ1) is 24.3. The number of benzene rings is 2. The van der Waals surface area contributed by atoms with Crippen LogP contribution in [0.3, 0.4) is 0 Å². The maximum atomic E-state index is 13.2. The van der Waals surface area contributed by atoms with Gasteiger partial charge < -0.3 is 5.32 Å². The molecule has 0 bridgehead atoms. The van der Waals surface area contributed by atoms with E-state index in [1.165, 1.54) is 40.2 Å². The number of fused-ring (bicyclic) bond motifs is 1. The number of aryl methyl sites for hydroxylation is 1. The van der Waals surface area contributed by atoms with Gasteiger partial charge in [-0.3, -0.25) is 23.5 Å². The SMILES string of the molecule is Cc1ccc(CNC(=O)CCCn2c(=O)c3sccc3n(CC(=O)c3ccc(F)cc3)c2=O)cc1. The molecule has 0 unspecified atom stereocenters. The Morgan fingerprint density at radius 3 is 2.40 bits per heavy atom. The van der Waals surface area contributed by atoms with Crippen LogP contribution in [0.2, 0.25) is 0 Å². The van der Waals surface area contributed by atoms with Crippen molar-refractivity contribution in [2.45, 2.75) is 39.4 Å². The van der Waals surface area contributed by atoms with Gasteiger partial charge in [0.15, 0.2) is 5.78 Å². The highest BCUT2D eigenvalue weighted by Gasteiger charge is 2.17. The van der Waals surface area contributed by atoms with Crippen molar-refractivity contribution in [3.8, 4) is 0 Å². The number of carbonyl (C=O) groups is 2. The first-order chi connectivity index (χ1) is 16.8. The monoisotopic (exact) mass is 493 g/mol. The van der Waals surface area contributed by atoms with Gasteiger partial charge in [-0.25, -0.2) is 9.18 Å². The lowest BCUT2D eigenvalue weighted by molar-refractivity contribution is -0.121. The number of nitrogens with one attached hydrogen (secondary N) is 1. The fourth-order valence-corrected chi connectivity index (χ4v) is 4.59. The second-order valence-corrected chi connectivity index (χ2v) is 9.17. The van der Waals surface area contributed by atoms with E-state index in [0.717, 1.165) is 15.7 Å². The molecule has 1 N–H and O–H groups in total. The highest BCUT2D eigenvalue weighted by atomic mass is 32.1. The van der Waals surface area contributed by atoms with Crippen molar-refractivity contribution in [1.29, 1.82) is 0 Å². The standard InChI is InChI=1S/C26H24FN3O4S/c1-17-4-6-18(7-5-17)15-28-23(32)3-2-13-29-25(33)24-21(12-14-35-24)30(26(29)34)16-22(31)19-8-10-20(27)11-9-19/h4-12,14H,2-3,13,15-16H2,1H3,(H,28,32). The van der Waals surface area contributed by atoms with E-state index in [-0.39, 0.29) is 43.2 Å². The third-order valence-corrected chi connectivity index (χ3v) is 6.59. The molecule has 0 aliphatic rings. The number of carbonyl (C=O) groups excluding carboxylic acids is 2.